The minimum atomic E-state index is -3.49. The largest absolute Gasteiger partial charge is 0.336 e. The number of amides is 1. The molecular formula is C25H30N6O3S. The van der Waals surface area contributed by atoms with Gasteiger partial charge in [0.25, 0.3) is 5.91 Å². The number of rotatable bonds is 6. The molecule has 35 heavy (non-hydrogen) atoms. The first kappa shape index (κ1) is 24.8. The second kappa shape index (κ2) is 10.1. The average molecular weight is 495 g/mol. The molecule has 0 unspecified atom stereocenters. The normalized spacial score (nSPS) is 18.5. The summed E-state index contributed by atoms with van der Waals surface area (Å²) in [7, 11) is -0.489. The number of hydrogen-bond acceptors (Lipinski definition) is 7. The van der Waals surface area contributed by atoms with E-state index in [1.54, 1.807) is 48.7 Å². The number of carbonyl (C=O) groups is 1. The lowest BCUT2D eigenvalue weighted by Crippen LogP contribution is -2.55. The van der Waals surface area contributed by atoms with E-state index >= 15 is 0 Å². The van der Waals surface area contributed by atoms with Crippen LogP contribution in [0.2, 0.25) is 0 Å². The molecule has 1 fully saturated rings. The van der Waals surface area contributed by atoms with Gasteiger partial charge in [0.05, 0.1) is 10.6 Å². The molecule has 1 aliphatic rings. The summed E-state index contributed by atoms with van der Waals surface area (Å²) in [6, 6.07) is 16.1. The summed E-state index contributed by atoms with van der Waals surface area (Å²) in [6.45, 7) is 5.53. The first-order valence-electron chi connectivity index (χ1n) is 11.4. The predicted octanol–water partition coefficient (Wildman–Crippen LogP) is 2.96. The maximum atomic E-state index is 12.9. The first-order chi connectivity index (χ1) is 16.6. The van der Waals surface area contributed by atoms with Gasteiger partial charge in [0, 0.05) is 62.3 Å². The molecular weight excluding hydrogens is 464 g/mol. The fraction of sp³-hybridized carbons (Fsp3) is 0.320. The topological polar surface area (TPSA) is 108 Å². The molecule has 1 saturated heterocycles. The van der Waals surface area contributed by atoms with Crippen LogP contribution in [0.5, 0.6) is 0 Å². The highest BCUT2D eigenvalue weighted by Gasteiger charge is 2.25. The van der Waals surface area contributed by atoms with E-state index < -0.39 is 10.0 Å². The number of aromatic nitrogens is 2. The Morgan fingerprint density at radius 2 is 1.63 bits per heavy atom. The van der Waals surface area contributed by atoms with E-state index in [0.717, 1.165) is 11.3 Å². The Morgan fingerprint density at radius 1 is 1.00 bits per heavy atom. The van der Waals surface area contributed by atoms with Crippen molar-refractivity contribution in [2.75, 3.05) is 32.5 Å². The molecule has 2 heterocycles. The number of sulfonamides is 1. The van der Waals surface area contributed by atoms with Gasteiger partial charge in [-0.1, -0.05) is 12.1 Å². The first-order valence-corrected chi connectivity index (χ1v) is 12.9. The highest BCUT2D eigenvalue weighted by atomic mass is 32.2. The van der Waals surface area contributed by atoms with Crippen molar-refractivity contribution in [1.29, 1.82) is 0 Å². The second-order valence-electron chi connectivity index (χ2n) is 8.96. The molecule has 3 aromatic rings. The van der Waals surface area contributed by atoms with Crippen molar-refractivity contribution < 1.29 is 13.2 Å². The lowest BCUT2D eigenvalue weighted by Gasteiger charge is -2.36. The smallest absolute Gasteiger partial charge is 0.253 e. The predicted molar refractivity (Wildman–Crippen MR) is 136 cm³/mol. The number of anilines is 2. The van der Waals surface area contributed by atoms with Crippen LogP contribution in [0.15, 0.2) is 65.7 Å². The summed E-state index contributed by atoms with van der Waals surface area (Å²) in [6.07, 6.45) is 1.64. The molecule has 0 saturated carbocycles. The second-order valence-corrected chi connectivity index (χ2v) is 11.1. The van der Waals surface area contributed by atoms with Crippen molar-refractivity contribution >= 4 is 27.6 Å². The molecule has 1 aliphatic heterocycles. The molecule has 2 atom stereocenters. The van der Waals surface area contributed by atoms with Crippen LogP contribution < -0.4 is 10.6 Å². The van der Waals surface area contributed by atoms with Crippen LogP contribution in [0.1, 0.15) is 24.2 Å². The van der Waals surface area contributed by atoms with Crippen molar-refractivity contribution in [1.82, 2.24) is 24.5 Å². The van der Waals surface area contributed by atoms with Gasteiger partial charge in [-0.05, 0) is 56.3 Å². The van der Waals surface area contributed by atoms with Gasteiger partial charge in [-0.2, -0.15) is 0 Å². The molecule has 1 amide bonds. The Bertz CT molecular complexity index is 1280. The van der Waals surface area contributed by atoms with Gasteiger partial charge in [0.15, 0.2) is 0 Å². The number of carbonyl (C=O) groups excluding carboxylic acids is 1. The number of hydrogen-bond donors (Lipinski definition) is 2. The molecule has 2 N–H and O–H groups in total. The highest BCUT2D eigenvalue weighted by molar-refractivity contribution is 7.89. The third-order valence-electron chi connectivity index (χ3n) is 5.82. The Morgan fingerprint density at radius 3 is 2.23 bits per heavy atom. The van der Waals surface area contributed by atoms with Crippen LogP contribution in [0.3, 0.4) is 0 Å². The summed E-state index contributed by atoms with van der Waals surface area (Å²) in [5, 5.41) is 6.60. The van der Waals surface area contributed by atoms with Crippen LogP contribution in [0, 0.1) is 0 Å². The van der Waals surface area contributed by atoms with Gasteiger partial charge in [-0.15, -0.1) is 0 Å². The van der Waals surface area contributed by atoms with Gasteiger partial charge in [0.1, 0.15) is 0 Å². The van der Waals surface area contributed by atoms with E-state index in [-0.39, 0.29) is 22.9 Å². The summed E-state index contributed by atoms with van der Waals surface area (Å²) >= 11 is 0. The summed E-state index contributed by atoms with van der Waals surface area (Å²) < 4.78 is 25.7. The quantitative estimate of drug-likeness (QED) is 0.542. The third kappa shape index (κ3) is 5.67. The summed E-state index contributed by atoms with van der Waals surface area (Å²) in [4.78, 5) is 23.8. The van der Waals surface area contributed by atoms with Gasteiger partial charge in [-0.25, -0.2) is 22.7 Å². The Balaban J connectivity index is 1.46. The van der Waals surface area contributed by atoms with Crippen molar-refractivity contribution in [3.8, 4) is 11.3 Å². The Hall–Kier alpha value is -3.34. The average Bonchev–Trinajstić information content (AvgIpc) is 2.83. The zero-order valence-corrected chi connectivity index (χ0v) is 21.1. The van der Waals surface area contributed by atoms with E-state index in [9.17, 15) is 13.2 Å². The van der Waals surface area contributed by atoms with Crippen molar-refractivity contribution in [3.05, 3.63) is 66.4 Å². The molecule has 184 valence electrons. The van der Waals surface area contributed by atoms with Gasteiger partial charge in [-0.3, -0.25) is 4.79 Å². The van der Waals surface area contributed by atoms with Crippen molar-refractivity contribution in [2.24, 2.45) is 0 Å². The number of benzene rings is 2. The zero-order valence-electron chi connectivity index (χ0n) is 20.3. The van der Waals surface area contributed by atoms with E-state index in [2.05, 4.69) is 34.4 Å². The SMILES string of the molecule is C[C@@H]1CN(C(=O)c2ccc(Nc3nccc(-c4ccc(S(=O)(=O)N(C)C)cc4)n3)cc2)C[C@H](C)N1. The molecule has 4 rings (SSSR count). The molecule has 2 aromatic carbocycles. The summed E-state index contributed by atoms with van der Waals surface area (Å²) in [5.41, 5.74) is 2.83. The maximum absolute atomic E-state index is 12.9. The van der Waals surface area contributed by atoms with E-state index in [4.69, 9.17) is 0 Å². The lowest BCUT2D eigenvalue weighted by atomic mass is 10.1. The van der Waals surface area contributed by atoms with Crippen LogP contribution in [0.4, 0.5) is 11.6 Å². The fourth-order valence-electron chi connectivity index (χ4n) is 4.09. The molecule has 1 aromatic heterocycles. The Kier molecular flexibility index (Phi) is 7.15. The van der Waals surface area contributed by atoms with Crippen LogP contribution in [0.25, 0.3) is 11.3 Å². The molecule has 0 spiro atoms. The van der Waals surface area contributed by atoms with Gasteiger partial charge < -0.3 is 15.5 Å². The molecule has 9 nitrogen and oxygen atoms in total. The minimum Gasteiger partial charge on any atom is -0.336 e. The van der Waals surface area contributed by atoms with Crippen LogP contribution in [-0.2, 0) is 10.0 Å². The fourth-order valence-corrected chi connectivity index (χ4v) is 4.99. The van der Waals surface area contributed by atoms with Crippen molar-refractivity contribution in [2.45, 2.75) is 30.8 Å². The van der Waals surface area contributed by atoms with E-state index in [1.807, 2.05) is 17.0 Å². The molecule has 0 aliphatic carbocycles. The van der Waals surface area contributed by atoms with E-state index in [1.165, 1.54) is 18.4 Å². The third-order valence-corrected chi connectivity index (χ3v) is 7.65. The molecule has 0 bridgehead atoms. The minimum absolute atomic E-state index is 0.0229. The Labute approximate surface area is 206 Å². The molecule has 10 heteroatoms. The van der Waals surface area contributed by atoms with Crippen LogP contribution >= 0.6 is 0 Å². The van der Waals surface area contributed by atoms with Crippen LogP contribution in [-0.4, -0.2) is 72.8 Å². The standard InChI is InChI=1S/C25H30N6O3S/c1-17-15-31(16-18(2)27-17)24(32)20-5-9-21(10-6-20)28-25-26-14-13-23(29-25)19-7-11-22(12-8-19)35(33,34)30(3)4/h5-14,17-18,27H,15-16H2,1-4H3,(H,26,28,29)/t17-,18+. The lowest BCUT2D eigenvalue weighted by molar-refractivity contribution is 0.0674. The number of piperazine rings is 1. The van der Waals surface area contributed by atoms with Gasteiger partial charge >= 0.3 is 0 Å². The number of nitrogens with one attached hydrogen (secondary N) is 2. The maximum Gasteiger partial charge on any atom is 0.253 e. The monoisotopic (exact) mass is 494 g/mol. The highest BCUT2D eigenvalue weighted by Crippen LogP contribution is 2.23. The summed E-state index contributed by atoms with van der Waals surface area (Å²) in [5.74, 6) is 0.422. The van der Waals surface area contributed by atoms with Crippen molar-refractivity contribution in [3.63, 3.8) is 0 Å². The zero-order chi connectivity index (χ0) is 25.2. The number of nitrogens with zero attached hydrogens (tertiary/aromatic N) is 4. The molecule has 0 radical (unpaired) electrons. The van der Waals surface area contributed by atoms with Gasteiger partial charge in [0.2, 0.25) is 16.0 Å². The van der Waals surface area contributed by atoms with E-state index in [0.29, 0.717) is 30.3 Å².